The normalized spacial score (nSPS) is 9.89. The lowest BCUT2D eigenvalue weighted by Gasteiger charge is -2.11. The highest BCUT2D eigenvalue weighted by molar-refractivity contribution is 5.66. The first-order valence-electron chi connectivity index (χ1n) is 5.57. The van der Waals surface area contributed by atoms with Gasteiger partial charge in [0, 0.05) is 23.1 Å². The number of nitrogens with one attached hydrogen (secondary N) is 1. The summed E-state index contributed by atoms with van der Waals surface area (Å²) in [6.45, 7) is 0. The number of hydrogen-bond donors (Lipinski definition) is 2. The summed E-state index contributed by atoms with van der Waals surface area (Å²) in [5.74, 6) is 1.39. The molecule has 2 aromatic rings. The van der Waals surface area contributed by atoms with E-state index in [0.717, 1.165) is 17.1 Å². The van der Waals surface area contributed by atoms with Crippen molar-refractivity contribution in [2.75, 3.05) is 25.3 Å². The lowest BCUT2D eigenvalue weighted by atomic mass is 10.2. The minimum absolute atomic E-state index is 0.686. The van der Waals surface area contributed by atoms with Crippen LogP contribution < -0.4 is 20.5 Å². The second-order valence-electron chi connectivity index (χ2n) is 3.82. The molecule has 94 valence electrons. The van der Waals surface area contributed by atoms with Crippen molar-refractivity contribution in [3.8, 4) is 11.5 Å². The number of rotatable bonds is 4. The van der Waals surface area contributed by atoms with Gasteiger partial charge in [-0.15, -0.1) is 0 Å². The molecule has 0 radical (unpaired) electrons. The van der Waals surface area contributed by atoms with E-state index in [1.807, 2.05) is 42.5 Å². The zero-order chi connectivity index (χ0) is 13.0. The number of anilines is 3. The number of benzene rings is 2. The molecule has 0 saturated heterocycles. The fourth-order valence-electron chi connectivity index (χ4n) is 1.70. The molecule has 0 atom stereocenters. The Kier molecular flexibility index (Phi) is 3.57. The van der Waals surface area contributed by atoms with E-state index in [1.54, 1.807) is 14.2 Å². The maximum absolute atomic E-state index is 5.73. The summed E-state index contributed by atoms with van der Waals surface area (Å²) in [6.07, 6.45) is 0. The highest BCUT2D eigenvalue weighted by Crippen LogP contribution is 2.31. The summed E-state index contributed by atoms with van der Waals surface area (Å²) in [5.41, 5.74) is 8.30. The fourth-order valence-corrected chi connectivity index (χ4v) is 1.70. The first-order chi connectivity index (χ1) is 8.72. The van der Waals surface area contributed by atoms with Crippen LogP contribution in [0.3, 0.4) is 0 Å². The van der Waals surface area contributed by atoms with Crippen LogP contribution in [-0.4, -0.2) is 14.2 Å². The van der Waals surface area contributed by atoms with Gasteiger partial charge in [0.25, 0.3) is 0 Å². The Morgan fingerprint density at radius 3 is 2.28 bits per heavy atom. The third-order valence-corrected chi connectivity index (χ3v) is 2.56. The Morgan fingerprint density at radius 1 is 0.889 bits per heavy atom. The van der Waals surface area contributed by atoms with Crippen LogP contribution in [0, 0.1) is 0 Å². The van der Waals surface area contributed by atoms with E-state index in [-0.39, 0.29) is 0 Å². The minimum Gasteiger partial charge on any atom is -0.493 e. The smallest absolute Gasteiger partial charge is 0.162 e. The maximum atomic E-state index is 5.73. The van der Waals surface area contributed by atoms with Gasteiger partial charge >= 0.3 is 0 Å². The van der Waals surface area contributed by atoms with Crippen LogP contribution in [0.15, 0.2) is 42.5 Å². The highest BCUT2D eigenvalue weighted by atomic mass is 16.5. The second kappa shape index (κ2) is 5.31. The number of nitrogens with two attached hydrogens (primary N) is 1. The summed E-state index contributed by atoms with van der Waals surface area (Å²) in [6, 6.07) is 13.2. The number of methoxy groups -OCH3 is 2. The maximum Gasteiger partial charge on any atom is 0.162 e. The molecule has 0 aromatic heterocycles. The summed E-state index contributed by atoms with van der Waals surface area (Å²) >= 11 is 0. The average Bonchev–Trinajstić information content (AvgIpc) is 2.38. The molecular formula is C14H16N2O2. The zero-order valence-electron chi connectivity index (χ0n) is 10.4. The van der Waals surface area contributed by atoms with E-state index in [9.17, 15) is 0 Å². The third kappa shape index (κ3) is 2.66. The summed E-state index contributed by atoms with van der Waals surface area (Å²) in [4.78, 5) is 0. The molecule has 0 amide bonds. The highest BCUT2D eigenvalue weighted by Gasteiger charge is 2.04. The molecular weight excluding hydrogens is 228 g/mol. The van der Waals surface area contributed by atoms with E-state index >= 15 is 0 Å². The van der Waals surface area contributed by atoms with Gasteiger partial charge in [0.2, 0.25) is 0 Å². The summed E-state index contributed by atoms with van der Waals surface area (Å²) in [7, 11) is 3.23. The van der Waals surface area contributed by atoms with Gasteiger partial charge in [0.1, 0.15) is 0 Å². The van der Waals surface area contributed by atoms with Gasteiger partial charge in [-0.2, -0.15) is 0 Å². The van der Waals surface area contributed by atoms with E-state index in [2.05, 4.69) is 5.32 Å². The van der Waals surface area contributed by atoms with Gasteiger partial charge in [-0.3, -0.25) is 0 Å². The first kappa shape index (κ1) is 12.1. The fraction of sp³-hybridized carbons (Fsp3) is 0.143. The molecule has 3 N–H and O–H groups in total. The molecule has 4 nitrogen and oxygen atoms in total. The van der Waals surface area contributed by atoms with Crippen molar-refractivity contribution < 1.29 is 9.47 Å². The summed E-state index contributed by atoms with van der Waals surface area (Å²) < 4.78 is 10.4. The quantitative estimate of drug-likeness (QED) is 0.812. The number of nitrogen functional groups attached to an aromatic ring is 1. The van der Waals surface area contributed by atoms with Crippen molar-refractivity contribution in [2.45, 2.75) is 0 Å². The molecule has 0 spiro atoms. The van der Waals surface area contributed by atoms with Crippen molar-refractivity contribution in [1.29, 1.82) is 0 Å². The average molecular weight is 244 g/mol. The van der Waals surface area contributed by atoms with Crippen molar-refractivity contribution in [3.05, 3.63) is 42.5 Å². The van der Waals surface area contributed by atoms with E-state index < -0.39 is 0 Å². The Balaban J connectivity index is 2.24. The molecule has 0 fully saturated rings. The van der Waals surface area contributed by atoms with Crippen LogP contribution in [0.2, 0.25) is 0 Å². The molecule has 0 bridgehead atoms. The minimum atomic E-state index is 0.686. The molecule has 0 aliphatic carbocycles. The first-order valence-corrected chi connectivity index (χ1v) is 5.57. The molecule has 18 heavy (non-hydrogen) atoms. The van der Waals surface area contributed by atoms with Crippen LogP contribution in [0.25, 0.3) is 0 Å². The zero-order valence-corrected chi connectivity index (χ0v) is 10.4. The SMILES string of the molecule is COc1ccc(Nc2cccc(N)c2)cc1OC. The largest absolute Gasteiger partial charge is 0.493 e. The lowest BCUT2D eigenvalue weighted by molar-refractivity contribution is 0.355. The van der Waals surface area contributed by atoms with Crippen molar-refractivity contribution in [2.24, 2.45) is 0 Å². The third-order valence-electron chi connectivity index (χ3n) is 2.56. The van der Waals surface area contributed by atoms with Crippen LogP contribution in [-0.2, 0) is 0 Å². The van der Waals surface area contributed by atoms with Crippen molar-refractivity contribution in [3.63, 3.8) is 0 Å². The second-order valence-corrected chi connectivity index (χ2v) is 3.82. The van der Waals surface area contributed by atoms with Gasteiger partial charge in [0.15, 0.2) is 11.5 Å². The molecule has 0 unspecified atom stereocenters. The number of ether oxygens (including phenoxy) is 2. The van der Waals surface area contributed by atoms with Crippen molar-refractivity contribution >= 4 is 17.1 Å². The van der Waals surface area contributed by atoms with Crippen LogP contribution in [0.1, 0.15) is 0 Å². The predicted molar refractivity (Wildman–Crippen MR) is 73.7 cm³/mol. The molecule has 0 aliphatic rings. The molecule has 0 saturated carbocycles. The van der Waals surface area contributed by atoms with Crippen molar-refractivity contribution in [1.82, 2.24) is 0 Å². The van der Waals surface area contributed by atoms with Crippen LogP contribution >= 0.6 is 0 Å². The molecule has 2 rings (SSSR count). The van der Waals surface area contributed by atoms with Gasteiger partial charge < -0.3 is 20.5 Å². The Labute approximate surface area is 106 Å². The van der Waals surface area contributed by atoms with E-state index in [1.165, 1.54) is 0 Å². The summed E-state index contributed by atoms with van der Waals surface area (Å²) in [5, 5.41) is 3.26. The Hall–Kier alpha value is -2.36. The molecule has 0 heterocycles. The molecule has 0 aliphatic heterocycles. The predicted octanol–water partition coefficient (Wildman–Crippen LogP) is 3.03. The van der Waals surface area contributed by atoms with E-state index in [4.69, 9.17) is 15.2 Å². The van der Waals surface area contributed by atoms with Gasteiger partial charge in [-0.05, 0) is 30.3 Å². The topological polar surface area (TPSA) is 56.5 Å². The standard InChI is InChI=1S/C14H16N2O2/c1-17-13-7-6-12(9-14(13)18-2)16-11-5-3-4-10(15)8-11/h3-9,16H,15H2,1-2H3. The molecule has 4 heteroatoms. The number of hydrogen-bond acceptors (Lipinski definition) is 4. The van der Waals surface area contributed by atoms with Gasteiger partial charge in [-0.1, -0.05) is 6.07 Å². The Morgan fingerprint density at radius 2 is 1.61 bits per heavy atom. The monoisotopic (exact) mass is 244 g/mol. The van der Waals surface area contributed by atoms with Gasteiger partial charge in [-0.25, -0.2) is 0 Å². The van der Waals surface area contributed by atoms with Crippen LogP contribution in [0.5, 0.6) is 11.5 Å². The van der Waals surface area contributed by atoms with Crippen LogP contribution in [0.4, 0.5) is 17.1 Å². The lowest BCUT2D eigenvalue weighted by Crippen LogP contribution is -1.95. The Bertz CT molecular complexity index is 541. The molecule has 2 aromatic carbocycles. The van der Waals surface area contributed by atoms with E-state index in [0.29, 0.717) is 11.5 Å². The van der Waals surface area contributed by atoms with Gasteiger partial charge in [0.05, 0.1) is 14.2 Å².